The third-order valence-corrected chi connectivity index (χ3v) is 2.20. The highest BCUT2D eigenvalue weighted by Gasteiger charge is 2.27. The van der Waals surface area contributed by atoms with Crippen LogP contribution in [-0.4, -0.2) is 38.2 Å². The number of alkyl carbamates (subject to hydrolysis) is 1. The number of primary amides is 1. The molecule has 9 nitrogen and oxygen atoms in total. The van der Waals surface area contributed by atoms with Crippen LogP contribution >= 0.6 is 0 Å². The number of carboxylic acids is 1. The van der Waals surface area contributed by atoms with E-state index in [2.05, 4.69) is 10.3 Å². The van der Waals surface area contributed by atoms with Crippen molar-refractivity contribution in [1.29, 1.82) is 0 Å². The van der Waals surface area contributed by atoms with Crippen molar-refractivity contribution in [3.63, 3.8) is 0 Å². The Morgan fingerprint density at radius 1 is 1.48 bits per heavy atom. The van der Waals surface area contributed by atoms with E-state index >= 15 is 0 Å². The number of carbonyl (C=O) groups is 3. The molecule has 0 radical (unpaired) electrons. The van der Waals surface area contributed by atoms with Crippen molar-refractivity contribution in [3.8, 4) is 0 Å². The van der Waals surface area contributed by atoms with Crippen LogP contribution in [0.5, 0.6) is 0 Å². The number of nitrogens with one attached hydrogen (secondary N) is 1. The quantitative estimate of drug-likeness (QED) is 0.700. The zero-order chi connectivity index (χ0) is 16.2. The number of carbonyl (C=O) groups excluding carboxylic acids is 2. The summed E-state index contributed by atoms with van der Waals surface area (Å²) in [5.41, 5.74) is 4.34. The van der Waals surface area contributed by atoms with Gasteiger partial charge in [0.15, 0.2) is 6.04 Å². The summed E-state index contributed by atoms with van der Waals surface area (Å²) in [6.07, 6.45) is 1.70. The van der Waals surface area contributed by atoms with E-state index in [0.717, 1.165) is 0 Å². The van der Waals surface area contributed by atoms with Crippen molar-refractivity contribution in [2.24, 2.45) is 5.73 Å². The average molecular weight is 298 g/mol. The van der Waals surface area contributed by atoms with Crippen molar-refractivity contribution in [3.05, 3.63) is 18.2 Å². The van der Waals surface area contributed by atoms with Crippen LogP contribution < -0.4 is 11.1 Å². The summed E-state index contributed by atoms with van der Waals surface area (Å²) in [7, 11) is 0. The van der Waals surface area contributed by atoms with Gasteiger partial charge in [-0.25, -0.2) is 14.6 Å². The summed E-state index contributed by atoms with van der Waals surface area (Å²) in [5.74, 6) is -1.89. The smallest absolute Gasteiger partial charge is 0.408 e. The molecule has 1 unspecified atom stereocenters. The first-order valence-corrected chi connectivity index (χ1v) is 6.11. The molecule has 0 aromatic carbocycles. The number of imidazole rings is 1. The van der Waals surface area contributed by atoms with Gasteiger partial charge in [0.2, 0.25) is 5.91 Å². The van der Waals surface area contributed by atoms with E-state index in [1.807, 2.05) is 0 Å². The number of rotatable bonds is 5. The minimum atomic E-state index is -1.38. The van der Waals surface area contributed by atoms with E-state index in [1.54, 1.807) is 20.8 Å². The number of amides is 2. The second-order valence-corrected chi connectivity index (χ2v) is 5.35. The number of nitrogens with zero attached hydrogens (tertiary/aromatic N) is 2. The summed E-state index contributed by atoms with van der Waals surface area (Å²) in [4.78, 5) is 37.5. The van der Waals surface area contributed by atoms with Gasteiger partial charge in [0, 0.05) is 6.20 Å². The molecule has 0 aliphatic rings. The molecule has 0 saturated heterocycles. The average Bonchev–Trinajstić information content (AvgIpc) is 2.70. The van der Waals surface area contributed by atoms with Crippen LogP contribution in [0.15, 0.2) is 12.5 Å². The number of hydrogen-bond acceptors (Lipinski definition) is 5. The first-order chi connectivity index (χ1) is 9.58. The molecule has 0 bridgehead atoms. The first kappa shape index (κ1) is 16.5. The summed E-state index contributed by atoms with van der Waals surface area (Å²) in [6.45, 7) is 4.84. The second-order valence-electron chi connectivity index (χ2n) is 5.35. The highest BCUT2D eigenvalue weighted by molar-refractivity contribution is 5.81. The standard InChI is InChI=1S/C12H18N4O5/c1-12(2,3)21-11(20)15-9(10(18)19)7-4-16(6-14-7)5-8(13)17/h4,6,9H,5H2,1-3H3,(H2,13,17)(H,15,20)(H,18,19). The monoisotopic (exact) mass is 298 g/mol. The molecular weight excluding hydrogens is 280 g/mol. The van der Waals surface area contributed by atoms with E-state index in [9.17, 15) is 14.4 Å². The van der Waals surface area contributed by atoms with E-state index in [0.29, 0.717) is 0 Å². The molecule has 4 N–H and O–H groups in total. The largest absolute Gasteiger partial charge is 0.479 e. The predicted octanol–water partition coefficient (Wildman–Crippen LogP) is 0.0188. The molecule has 1 aromatic rings. The molecule has 116 valence electrons. The minimum Gasteiger partial charge on any atom is -0.479 e. The molecular formula is C12H18N4O5. The van der Waals surface area contributed by atoms with E-state index < -0.39 is 29.6 Å². The van der Waals surface area contributed by atoms with Gasteiger partial charge in [-0.05, 0) is 20.8 Å². The van der Waals surface area contributed by atoms with E-state index in [-0.39, 0.29) is 12.2 Å². The molecule has 1 atom stereocenters. The fraction of sp³-hybridized carbons (Fsp3) is 0.500. The fourth-order valence-electron chi connectivity index (χ4n) is 1.48. The van der Waals surface area contributed by atoms with E-state index in [4.69, 9.17) is 15.6 Å². The number of nitrogens with two attached hydrogens (primary N) is 1. The van der Waals surface area contributed by atoms with Crippen LogP contribution in [0.4, 0.5) is 4.79 Å². The van der Waals surface area contributed by atoms with Crippen molar-refractivity contribution >= 4 is 18.0 Å². The first-order valence-electron chi connectivity index (χ1n) is 6.11. The minimum absolute atomic E-state index is 0.0645. The van der Waals surface area contributed by atoms with Crippen LogP contribution in [0.3, 0.4) is 0 Å². The number of aromatic nitrogens is 2. The lowest BCUT2D eigenvalue weighted by Crippen LogP contribution is -2.38. The van der Waals surface area contributed by atoms with Gasteiger partial charge >= 0.3 is 12.1 Å². The highest BCUT2D eigenvalue weighted by atomic mass is 16.6. The Labute approximate surface area is 121 Å². The molecule has 0 spiro atoms. The molecule has 1 aromatic heterocycles. The lowest BCUT2D eigenvalue weighted by Gasteiger charge is -2.21. The number of hydrogen-bond donors (Lipinski definition) is 3. The highest BCUT2D eigenvalue weighted by Crippen LogP contribution is 2.13. The molecule has 1 rings (SSSR count). The predicted molar refractivity (Wildman–Crippen MR) is 71.2 cm³/mol. The van der Waals surface area contributed by atoms with Crippen molar-refractivity contribution < 1.29 is 24.2 Å². The van der Waals surface area contributed by atoms with Gasteiger partial charge < -0.3 is 25.5 Å². The van der Waals surface area contributed by atoms with Gasteiger partial charge in [0.1, 0.15) is 12.1 Å². The maximum atomic E-state index is 11.6. The van der Waals surface area contributed by atoms with Gasteiger partial charge in [-0.1, -0.05) is 0 Å². The van der Waals surface area contributed by atoms with Crippen LogP contribution in [-0.2, 0) is 20.9 Å². The van der Waals surface area contributed by atoms with Crippen molar-refractivity contribution in [2.75, 3.05) is 0 Å². The zero-order valence-corrected chi connectivity index (χ0v) is 12.0. The summed E-state index contributed by atoms with van der Waals surface area (Å²) < 4.78 is 6.31. The van der Waals surface area contributed by atoms with Gasteiger partial charge in [-0.15, -0.1) is 0 Å². The molecule has 0 saturated carbocycles. The third-order valence-electron chi connectivity index (χ3n) is 2.20. The Morgan fingerprint density at radius 3 is 2.57 bits per heavy atom. The summed E-state index contributed by atoms with van der Waals surface area (Å²) >= 11 is 0. The Morgan fingerprint density at radius 2 is 2.10 bits per heavy atom. The molecule has 0 aliphatic heterocycles. The van der Waals surface area contributed by atoms with Crippen LogP contribution in [0, 0.1) is 0 Å². The maximum absolute atomic E-state index is 11.6. The topological polar surface area (TPSA) is 137 Å². The van der Waals surface area contributed by atoms with Crippen LogP contribution in [0.1, 0.15) is 32.5 Å². The summed E-state index contributed by atoms with van der Waals surface area (Å²) in [5, 5.41) is 11.4. The zero-order valence-electron chi connectivity index (χ0n) is 12.0. The molecule has 0 fully saturated rings. The normalized spacial score (nSPS) is 12.5. The summed E-state index contributed by atoms with van der Waals surface area (Å²) in [6, 6.07) is -1.38. The fourth-order valence-corrected chi connectivity index (χ4v) is 1.48. The maximum Gasteiger partial charge on any atom is 0.408 e. The molecule has 2 amide bonds. The molecule has 9 heteroatoms. The lowest BCUT2D eigenvalue weighted by molar-refractivity contribution is -0.139. The Balaban J connectivity index is 2.82. The third kappa shape index (κ3) is 5.51. The van der Waals surface area contributed by atoms with Crippen LogP contribution in [0.25, 0.3) is 0 Å². The lowest BCUT2D eigenvalue weighted by atomic mass is 10.2. The Hall–Kier alpha value is -2.58. The second kappa shape index (κ2) is 6.25. The van der Waals surface area contributed by atoms with E-state index in [1.165, 1.54) is 17.1 Å². The van der Waals surface area contributed by atoms with Gasteiger partial charge in [-0.3, -0.25) is 4.79 Å². The molecule has 21 heavy (non-hydrogen) atoms. The van der Waals surface area contributed by atoms with Gasteiger partial charge in [-0.2, -0.15) is 0 Å². The number of ether oxygens (including phenoxy) is 1. The van der Waals surface area contributed by atoms with Gasteiger partial charge in [0.05, 0.1) is 12.0 Å². The molecule has 1 heterocycles. The number of carboxylic acid groups (broad SMARTS) is 1. The van der Waals surface area contributed by atoms with Crippen molar-refractivity contribution in [1.82, 2.24) is 14.9 Å². The number of aliphatic carboxylic acids is 1. The molecule has 0 aliphatic carbocycles. The van der Waals surface area contributed by atoms with Gasteiger partial charge in [0.25, 0.3) is 0 Å². The Bertz CT molecular complexity index is 546. The Kier molecular flexibility index (Phi) is 4.90. The SMILES string of the molecule is CC(C)(C)OC(=O)NC(C(=O)O)c1cn(CC(N)=O)cn1. The van der Waals surface area contributed by atoms with Crippen LogP contribution in [0.2, 0.25) is 0 Å². The van der Waals surface area contributed by atoms with Crippen molar-refractivity contribution in [2.45, 2.75) is 39.0 Å².